The number of nitrogens with zero attached hydrogens (tertiary/aromatic N) is 2. The summed E-state index contributed by atoms with van der Waals surface area (Å²) >= 11 is 0. The second-order valence-electron chi connectivity index (χ2n) is 5.72. The van der Waals surface area contributed by atoms with Gasteiger partial charge in [0, 0.05) is 45.8 Å². The number of benzene rings is 1. The largest absolute Gasteiger partial charge is 0.324 e. The van der Waals surface area contributed by atoms with Crippen LogP contribution in [-0.2, 0) is 11.2 Å². The molecule has 1 amide bonds. The van der Waals surface area contributed by atoms with Crippen molar-refractivity contribution in [1.29, 1.82) is 0 Å². The maximum absolute atomic E-state index is 12.7. The Kier molecular flexibility index (Phi) is 4.85. The molecule has 2 saturated heterocycles. The van der Waals surface area contributed by atoms with Gasteiger partial charge in [0.15, 0.2) is 0 Å². The minimum Gasteiger partial charge on any atom is -0.324 e. The van der Waals surface area contributed by atoms with Crippen LogP contribution in [0.1, 0.15) is 5.56 Å². The second-order valence-corrected chi connectivity index (χ2v) is 5.72. The summed E-state index contributed by atoms with van der Waals surface area (Å²) < 4.78 is 0. The molecular formula is C16H24N4O. The molecule has 3 rings (SSSR count). The Morgan fingerprint density at radius 2 is 1.76 bits per heavy atom. The van der Waals surface area contributed by atoms with Gasteiger partial charge in [-0.1, -0.05) is 30.3 Å². The van der Waals surface area contributed by atoms with E-state index in [1.54, 1.807) is 0 Å². The van der Waals surface area contributed by atoms with Crippen LogP contribution in [0.15, 0.2) is 30.3 Å². The van der Waals surface area contributed by atoms with Crippen molar-refractivity contribution in [2.45, 2.75) is 12.6 Å². The van der Waals surface area contributed by atoms with Gasteiger partial charge in [-0.3, -0.25) is 9.69 Å². The number of hydrogen-bond acceptors (Lipinski definition) is 4. The second kappa shape index (κ2) is 7.02. The van der Waals surface area contributed by atoms with Gasteiger partial charge >= 0.3 is 0 Å². The third-order valence-corrected chi connectivity index (χ3v) is 4.31. The van der Waals surface area contributed by atoms with Crippen molar-refractivity contribution < 1.29 is 4.79 Å². The van der Waals surface area contributed by atoms with Crippen LogP contribution < -0.4 is 10.6 Å². The van der Waals surface area contributed by atoms with E-state index in [2.05, 4.69) is 20.4 Å². The van der Waals surface area contributed by atoms with E-state index in [9.17, 15) is 4.79 Å². The minimum atomic E-state index is 0.206. The Labute approximate surface area is 126 Å². The predicted molar refractivity (Wildman–Crippen MR) is 83.0 cm³/mol. The molecule has 5 nitrogen and oxygen atoms in total. The van der Waals surface area contributed by atoms with Crippen LogP contribution in [0.4, 0.5) is 0 Å². The summed E-state index contributed by atoms with van der Waals surface area (Å²) in [5.41, 5.74) is 1.10. The molecule has 1 aromatic rings. The Balaban J connectivity index is 1.66. The first-order chi connectivity index (χ1) is 10.3. The highest BCUT2D eigenvalue weighted by Gasteiger charge is 2.31. The van der Waals surface area contributed by atoms with Gasteiger partial charge in [0.25, 0.3) is 0 Å². The highest BCUT2D eigenvalue weighted by atomic mass is 16.2. The molecular weight excluding hydrogens is 264 g/mol. The molecule has 0 radical (unpaired) electrons. The van der Waals surface area contributed by atoms with Gasteiger partial charge in [0.1, 0.15) is 0 Å². The molecule has 1 aromatic carbocycles. The van der Waals surface area contributed by atoms with Crippen molar-refractivity contribution in [3.63, 3.8) is 0 Å². The first-order valence-electron chi connectivity index (χ1n) is 7.83. The molecule has 2 N–H and O–H groups in total. The minimum absolute atomic E-state index is 0.206. The molecule has 2 aliphatic heterocycles. The van der Waals surface area contributed by atoms with Crippen LogP contribution in [0.25, 0.3) is 0 Å². The zero-order chi connectivity index (χ0) is 14.5. The highest BCUT2D eigenvalue weighted by Crippen LogP contribution is 2.13. The van der Waals surface area contributed by atoms with Crippen LogP contribution in [0.2, 0.25) is 0 Å². The molecule has 0 aliphatic carbocycles. The van der Waals surface area contributed by atoms with Crippen molar-refractivity contribution in [1.82, 2.24) is 20.4 Å². The zero-order valence-electron chi connectivity index (χ0n) is 12.4. The van der Waals surface area contributed by atoms with E-state index in [1.165, 1.54) is 0 Å². The lowest BCUT2D eigenvalue weighted by Crippen LogP contribution is -2.63. The van der Waals surface area contributed by atoms with Crippen molar-refractivity contribution in [2.24, 2.45) is 0 Å². The summed E-state index contributed by atoms with van der Waals surface area (Å²) in [6, 6.07) is 10.0. The van der Waals surface area contributed by atoms with Gasteiger partial charge in [0.05, 0.1) is 12.6 Å². The quantitative estimate of drug-likeness (QED) is 0.815. The molecule has 1 atom stereocenters. The Morgan fingerprint density at radius 1 is 1.05 bits per heavy atom. The average Bonchev–Trinajstić information content (AvgIpc) is 2.56. The molecule has 114 valence electrons. The fraction of sp³-hybridized carbons (Fsp3) is 0.562. The van der Waals surface area contributed by atoms with Crippen molar-refractivity contribution in [2.75, 3.05) is 45.8 Å². The maximum Gasteiger partial charge on any atom is 0.228 e. The van der Waals surface area contributed by atoms with E-state index in [0.717, 1.165) is 51.4 Å². The van der Waals surface area contributed by atoms with Crippen molar-refractivity contribution in [3.8, 4) is 0 Å². The van der Waals surface area contributed by atoms with Crippen LogP contribution in [0, 0.1) is 0 Å². The lowest BCUT2D eigenvalue weighted by molar-refractivity contribution is -0.138. The van der Waals surface area contributed by atoms with Crippen molar-refractivity contribution >= 4 is 5.91 Å². The third-order valence-electron chi connectivity index (χ3n) is 4.31. The van der Waals surface area contributed by atoms with E-state index in [0.29, 0.717) is 6.42 Å². The molecule has 2 fully saturated rings. The third kappa shape index (κ3) is 3.61. The standard InChI is InChI=1S/C16H24N4O/c21-16(12-14-4-2-1-3-5-14)20-11-8-18-13-15(20)19-9-6-17-7-10-19/h1-5,15,17-18H,6-13H2. The SMILES string of the molecule is O=C(Cc1ccccc1)N1CCNCC1N1CCNCC1. The van der Waals surface area contributed by atoms with Gasteiger partial charge in [-0.15, -0.1) is 0 Å². The molecule has 0 spiro atoms. The van der Waals surface area contributed by atoms with Gasteiger partial charge in [-0.2, -0.15) is 0 Å². The smallest absolute Gasteiger partial charge is 0.228 e. The fourth-order valence-corrected chi connectivity index (χ4v) is 3.16. The predicted octanol–water partition coefficient (Wildman–Crippen LogP) is -0.108. The van der Waals surface area contributed by atoms with E-state index >= 15 is 0 Å². The number of rotatable bonds is 3. The Morgan fingerprint density at radius 3 is 2.52 bits per heavy atom. The molecule has 0 aromatic heterocycles. The summed E-state index contributed by atoms with van der Waals surface area (Å²) in [6.45, 7) is 6.63. The van der Waals surface area contributed by atoms with Crippen molar-refractivity contribution in [3.05, 3.63) is 35.9 Å². The summed E-state index contributed by atoms with van der Waals surface area (Å²) in [5, 5.41) is 6.80. The molecule has 1 unspecified atom stereocenters. The normalized spacial score (nSPS) is 24.0. The topological polar surface area (TPSA) is 47.6 Å². The summed E-state index contributed by atoms with van der Waals surface area (Å²) in [6.07, 6.45) is 0.709. The molecule has 21 heavy (non-hydrogen) atoms. The van der Waals surface area contributed by atoms with Gasteiger partial charge in [0.2, 0.25) is 5.91 Å². The lowest BCUT2D eigenvalue weighted by Gasteiger charge is -2.44. The van der Waals surface area contributed by atoms with E-state index in [1.807, 2.05) is 30.3 Å². The molecule has 5 heteroatoms. The summed E-state index contributed by atoms with van der Waals surface area (Å²) in [4.78, 5) is 17.2. The fourth-order valence-electron chi connectivity index (χ4n) is 3.16. The molecule has 0 saturated carbocycles. The van der Waals surface area contributed by atoms with Crippen LogP contribution >= 0.6 is 0 Å². The Bertz CT molecular complexity index is 459. The summed E-state index contributed by atoms with van der Waals surface area (Å²) in [7, 11) is 0. The van der Waals surface area contributed by atoms with Gasteiger partial charge in [-0.25, -0.2) is 0 Å². The Hall–Kier alpha value is -1.43. The van der Waals surface area contributed by atoms with Crippen LogP contribution in [-0.4, -0.2) is 67.7 Å². The van der Waals surface area contributed by atoms with E-state index < -0.39 is 0 Å². The van der Waals surface area contributed by atoms with Crippen LogP contribution in [0.3, 0.4) is 0 Å². The monoisotopic (exact) mass is 288 g/mol. The lowest BCUT2D eigenvalue weighted by atomic mass is 10.1. The number of amides is 1. The first kappa shape index (κ1) is 14.5. The van der Waals surface area contributed by atoms with Gasteiger partial charge in [-0.05, 0) is 5.56 Å². The van der Waals surface area contributed by atoms with E-state index in [-0.39, 0.29) is 12.1 Å². The maximum atomic E-state index is 12.7. The number of piperazine rings is 2. The molecule has 0 bridgehead atoms. The van der Waals surface area contributed by atoms with E-state index in [4.69, 9.17) is 0 Å². The number of nitrogens with one attached hydrogen (secondary N) is 2. The van der Waals surface area contributed by atoms with Crippen LogP contribution in [0.5, 0.6) is 0 Å². The number of carbonyl (C=O) groups excluding carboxylic acids is 1. The first-order valence-corrected chi connectivity index (χ1v) is 7.83. The number of carbonyl (C=O) groups is 1. The zero-order valence-corrected chi connectivity index (χ0v) is 12.4. The van der Waals surface area contributed by atoms with Gasteiger partial charge < -0.3 is 15.5 Å². The average molecular weight is 288 g/mol. The summed E-state index contributed by atoms with van der Waals surface area (Å²) in [5.74, 6) is 0.242. The highest BCUT2D eigenvalue weighted by molar-refractivity contribution is 5.79. The molecule has 2 heterocycles. The number of hydrogen-bond donors (Lipinski definition) is 2. The molecule has 2 aliphatic rings.